The molecule has 0 spiro atoms. The summed E-state index contributed by atoms with van der Waals surface area (Å²) in [6, 6.07) is 4.22. The molecule has 1 aromatic heterocycles. The van der Waals surface area contributed by atoms with Gasteiger partial charge in [-0.05, 0) is 36.4 Å². The number of sulfonamides is 1. The summed E-state index contributed by atoms with van der Waals surface area (Å²) in [6.07, 6.45) is 7.21. The van der Waals surface area contributed by atoms with Gasteiger partial charge in [-0.15, -0.1) is 15.7 Å². The molecule has 6 nitrogen and oxygen atoms in total. The number of carbonyl (C=O) groups excluding carboxylic acids is 1. The summed E-state index contributed by atoms with van der Waals surface area (Å²) >= 11 is 1.62. The van der Waals surface area contributed by atoms with E-state index in [2.05, 4.69) is 4.40 Å². The van der Waals surface area contributed by atoms with Gasteiger partial charge in [0.25, 0.3) is 15.9 Å². The average Bonchev–Trinajstić information content (AvgIpc) is 3.27. The first-order valence-electron chi connectivity index (χ1n) is 7.85. The lowest BCUT2D eigenvalue weighted by molar-refractivity contribution is -0.127. The highest BCUT2D eigenvalue weighted by atomic mass is 32.2. The fourth-order valence-electron chi connectivity index (χ4n) is 2.86. The summed E-state index contributed by atoms with van der Waals surface area (Å²) < 4.78 is 27.6. The third kappa shape index (κ3) is 3.03. The second-order valence-corrected chi connectivity index (χ2v) is 8.85. The molecule has 1 fully saturated rings. The van der Waals surface area contributed by atoms with E-state index >= 15 is 0 Å². The van der Waals surface area contributed by atoms with E-state index in [1.54, 1.807) is 34.6 Å². The van der Waals surface area contributed by atoms with E-state index < -0.39 is 10.0 Å². The Morgan fingerprint density at radius 3 is 2.96 bits per heavy atom. The molecule has 3 aliphatic rings. The Hall–Kier alpha value is -1.93. The van der Waals surface area contributed by atoms with E-state index in [1.807, 2.05) is 22.4 Å². The zero-order valence-corrected chi connectivity index (χ0v) is 14.6. The van der Waals surface area contributed by atoms with Crippen molar-refractivity contribution in [1.82, 2.24) is 9.80 Å². The number of allylic oxidation sites excluding steroid dienone is 2. The van der Waals surface area contributed by atoms with Crippen LogP contribution >= 0.6 is 11.3 Å². The molecule has 0 saturated heterocycles. The lowest BCUT2D eigenvalue weighted by atomic mass is 10.1. The van der Waals surface area contributed by atoms with Gasteiger partial charge >= 0.3 is 0 Å². The lowest BCUT2D eigenvalue weighted by Gasteiger charge is -2.31. The third-order valence-corrected chi connectivity index (χ3v) is 6.25. The van der Waals surface area contributed by atoms with Gasteiger partial charge in [0.05, 0.1) is 17.9 Å². The number of nitrogens with zero attached hydrogens (tertiary/aromatic N) is 3. The lowest BCUT2D eigenvalue weighted by Crippen LogP contribution is -2.43. The molecule has 0 aromatic carbocycles. The van der Waals surface area contributed by atoms with Crippen LogP contribution in [0.5, 0.6) is 0 Å². The highest BCUT2D eigenvalue weighted by molar-refractivity contribution is 7.90. The maximum Gasteiger partial charge on any atom is 0.258 e. The number of carbonyl (C=O) groups is 1. The molecule has 2 aliphatic heterocycles. The van der Waals surface area contributed by atoms with Crippen LogP contribution in [-0.2, 0) is 21.4 Å². The van der Waals surface area contributed by atoms with Crippen LogP contribution in [0.1, 0.15) is 17.7 Å². The monoisotopic (exact) mass is 363 g/mol. The number of amidine groups is 1. The topological polar surface area (TPSA) is 70.0 Å². The van der Waals surface area contributed by atoms with Gasteiger partial charge in [0.1, 0.15) is 0 Å². The summed E-state index contributed by atoms with van der Waals surface area (Å²) in [7, 11) is -3.50. The molecule has 3 heterocycles. The van der Waals surface area contributed by atoms with Crippen LogP contribution in [0.15, 0.2) is 45.8 Å². The molecule has 24 heavy (non-hydrogen) atoms. The molecule has 126 valence electrons. The minimum absolute atomic E-state index is 0.0240. The SMILES string of the molecule is O=C(C1=CC=CN2CCS(=O)(=O)N=C12)N(Cc1cccs1)C1CC1. The molecule has 0 atom stereocenters. The number of thiophene rings is 1. The van der Waals surface area contributed by atoms with Gasteiger partial charge in [-0.25, -0.2) is 8.42 Å². The second kappa shape index (κ2) is 5.86. The normalized spacial score (nSPS) is 21.8. The average molecular weight is 363 g/mol. The second-order valence-electron chi connectivity index (χ2n) is 6.06. The van der Waals surface area contributed by atoms with Crippen LogP contribution in [-0.4, -0.2) is 48.3 Å². The molecule has 1 aromatic rings. The summed E-state index contributed by atoms with van der Waals surface area (Å²) in [4.78, 5) is 17.8. The Morgan fingerprint density at radius 2 is 2.25 bits per heavy atom. The van der Waals surface area contributed by atoms with Gasteiger partial charge < -0.3 is 9.80 Å². The molecule has 0 radical (unpaired) electrons. The molecule has 0 N–H and O–H groups in total. The minimum atomic E-state index is -3.50. The summed E-state index contributed by atoms with van der Waals surface area (Å²) in [5, 5.41) is 1.99. The van der Waals surface area contributed by atoms with Crippen LogP contribution in [0.4, 0.5) is 0 Å². The Morgan fingerprint density at radius 1 is 1.42 bits per heavy atom. The van der Waals surface area contributed by atoms with Crippen molar-refractivity contribution in [2.24, 2.45) is 4.40 Å². The van der Waals surface area contributed by atoms with E-state index in [-0.39, 0.29) is 23.5 Å². The summed E-state index contributed by atoms with van der Waals surface area (Å²) in [6.45, 7) is 0.888. The predicted octanol–water partition coefficient (Wildman–Crippen LogP) is 1.74. The minimum Gasteiger partial charge on any atom is -0.331 e. The molecule has 1 saturated carbocycles. The van der Waals surface area contributed by atoms with Crippen molar-refractivity contribution in [2.75, 3.05) is 12.3 Å². The van der Waals surface area contributed by atoms with Crippen molar-refractivity contribution >= 4 is 33.1 Å². The summed E-state index contributed by atoms with van der Waals surface area (Å²) in [5.74, 6) is 0.0887. The molecule has 8 heteroatoms. The number of fused-ring (bicyclic) bond motifs is 1. The maximum absolute atomic E-state index is 13.1. The van der Waals surface area contributed by atoms with Crippen molar-refractivity contribution in [3.63, 3.8) is 0 Å². The van der Waals surface area contributed by atoms with E-state index in [1.165, 1.54) is 0 Å². The number of rotatable bonds is 4. The van der Waals surface area contributed by atoms with E-state index in [0.717, 1.165) is 17.7 Å². The van der Waals surface area contributed by atoms with Crippen LogP contribution in [0, 0.1) is 0 Å². The Balaban J connectivity index is 1.65. The van der Waals surface area contributed by atoms with Gasteiger partial charge in [-0.1, -0.05) is 6.07 Å². The highest BCUT2D eigenvalue weighted by Gasteiger charge is 2.38. The van der Waals surface area contributed by atoms with Crippen molar-refractivity contribution in [1.29, 1.82) is 0 Å². The van der Waals surface area contributed by atoms with Gasteiger partial charge in [-0.2, -0.15) is 0 Å². The first-order valence-corrected chi connectivity index (χ1v) is 10.3. The predicted molar refractivity (Wildman–Crippen MR) is 93.0 cm³/mol. The molecule has 0 bridgehead atoms. The van der Waals surface area contributed by atoms with Crippen LogP contribution in [0.25, 0.3) is 0 Å². The molecule has 4 rings (SSSR count). The van der Waals surface area contributed by atoms with Crippen molar-refractivity contribution in [3.05, 3.63) is 46.3 Å². The quantitative estimate of drug-likeness (QED) is 0.817. The Bertz CT molecular complexity index is 849. The Kier molecular flexibility index (Phi) is 3.80. The van der Waals surface area contributed by atoms with E-state index in [0.29, 0.717) is 18.7 Å². The largest absolute Gasteiger partial charge is 0.331 e. The standard InChI is InChI=1S/C16H17N3O3S2/c20-16(19(12-5-6-12)11-13-3-2-9-23-13)14-4-1-7-18-8-10-24(21,22)17-15(14)18/h1-4,7,9,12H,5-6,8,10-11H2. The molecular weight excluding hydrogens is 346 g/mol. The maximum atomic E-state index is 13.1. The summed E-state index contributed by atoms with van der Waals surface area (Å²) in [5.41, 5.74) is 0.365. The number of hydrogen-bond donors (Lipinski definition) is 0. The van der Waals surface area contributed by atoms with Gasteiger partial charge in [0.15, 0.2) is 5.84 Å². The number of amides is 1. The Labute approximate surface area is 144 Å². The smallest absolute Gasteiger partial charge is 0.258 e. The van der Waals surface area contributed by atoms with Crippen molar-refractivity contribution in [3.8, 4) is 0 Å². The van der Waals surface area contributed by atoms with Gasteiger partial charge in [-0.3, -0.25) is 4.79 Å². The zero-order valence-electron chi connectivity index (χ0n) is 13.0. The van der Waals surface area contributed by atoms with E-state index in [4.69, 9.17) is 0 Å². The number of hydrogen-bond acceptors (Lipinski definition) is 5. The highest BCUT2D eigenvalue weighted by Crippen LogP contribution is 2.31. The van der Waals surface area contributed by atoms with Crippen LogP contribution in [0.2, 0.25) is 0 Å². The molecule has 0 unspecified atom stereocenters. The fraction of sp³-hybridized carbons (Fsp3) is 0.375. The zero-order chi connectivity index (χ0) is 16.7. The molecule has 1 amide bonds. The van der Waals surface area contributed by atoms with E-state index in [9.17, 15) is 13.2 Å². The van der Waals surface area contributed by atoms with Crippen LogP contribution < -0.4 is 0 Å². The molecular formula is C16H17N3O3S2. The van der Waals surface area contributed by atoms with Crippen LogP contribution in [0.3, 0.4) is 0 Å². The first-order chi connectivity index (χ1) is 11.5. The first kappa shape index (κ1) is 15.6. The third-order valence-electron chi connectivity index (χ3n) is 4.24. The molecule has 1 aliphatic carbocycles. The van der Waals surface area contributed by atoms with Crippen molar-refractivity contribution in [2.45, 2.75) is 25.4 Å². The fourth-order valence-corrected chi connectivity index (χ4v) is 4.55. The van der Waals surface area contributed by atoms with Crippen molar-refractivity contribution < 1.29 is 13.2 Å². The van der Waals surface area contributed by atoms with Gasteiger partial charge in [0.2, 0.25) is 0 Å². The van der Waals surface area contributed by atoms with Gasteiger partial charge in [0, 0.05) is 23.7 Å².